The molecule has 152 valence electrons. The number of unbranched alkanes of at least 4 members (excludes halogenated alkanes) is 1. The molecule has 0 bridgehead atoms. The van der Waals surface area contributed by atoms with Gasteiger partial charge >= 0.3 is 0 Å². The summed E-state index contributed by atoms with van der Waals surface area (Å²) < 4.78 is 24.8. The van der Waals surface area contributed by atoms with Gasteiger partial charge in [0.05, 0.1) is 5.60 Å². The number of hydrogen-bond acceptors (Lipinski definition) is 4. The van der Waals surface area contributed by atoms with Gasteiger partial charge in [-0.1, -0.05) is 24.3 Å². The van der Waals surface area contributed by atoms with Gasteiger partial charge in [-0.05, 0) is 56.8 Å². The van der Waals surface area contributed by atoms with E-state index in [2.05, 4.69) is 5.32 Å². The summed E-state index contributed by atoms with van der Waals surface area (Å²) in [4.78, 5) is 0. The van der Waals surface area contributed by atoms with Gasteiger partial charge in [0, 0.05) is 37.8 Å². The normalized spacial score (nSPS) is 19.2. The van der Waals surface area contributed by atoms with Gasteiger partial charge in [0.25, 0.3) is 0 Å². The summed E-state index contributed by atoms with van der Waals surface area (Å²) in [6, 6.07) is 13.7. The van der Waals surface area contributed by atoms with E-state index in [-0.39, 0.29) is 11.7 Å². The fraction of sp³-hybridized carbons (Fsp3) is 0.478. The van der Waals surface area contributed by atoms with Crippen LogP contribution in [0.4, 0.5) is 4.39 Å². The van der Waals surface area contributed by atoms with Crippen LogP contribution in [0.15, 0.2) is 48.5 Å². The summed E-state index contributed by atoms with van der Waals surface area (Å²) >= 11 is 0. The van der Waals surface area contributed by atoms with Gasteiger partial charge in [0.2, 0.25) is 0 Å². The van der Waals surface area contributed by atoms with E-state index < -0.39 is 5.60 Å². The lowest BCUT2D eigenvalue weighted by molar-refractivity contribution is -0.0446. The van der Waals surface area contributed by atoms with Gasteiger partial charge in [-0.3, -0.25) is 0 Å². The Kier molecular flexibility index (Phi) is 7.43. The van der Waals surface area contributed by atoms with Crippen molar-refractivity contribution in [1.29, 1.82) is 0 Å². The summed E-state index contributed by atoms with van der Waals surface area (Å²) in [6.07, 6.45) is 4.38. The van der Waals surface area contributed by atoms with Crippen LogP contribution in [0.2, 0.25) is 0 Å². The van der Waals surface area contributed by atoms with E-state index in [0.717, 1.165) is 44.3 Å². The van der Waals surface area contributed by atoms with Gasteiger partial charge in [0.1, 0.15) is 17.3 Å². The molecule has 5 heteroatoms. The highest BCUT2D eigenvalue weighted by Gasteiger charge is 2.40. The highest BCUT2D eigenvalue weighted by molar-refractivity contribution is 5.42. The first kappa shape index (κ1) is 20.8. The zero-order valence-corrected chi connectivity index (χ0v) is 16.5. The highest BCUT2D eigenvalue weighted by atomic mass is 19.1. The quantitative estimate of drug-likeness (QED) is 0.617. The number of nitrogens with one attached hydrogen (secondary N) is 1. The maximum Gasteiger partial charge on any atom is 0.133 e. The molecule has 0 radical (unpaired) electrons. The summed E-state index contributed by atoms with van der Waals surface area (Å²) in [7, 11) is 1.69. The lowest BCUT2D eigenvalue weighted by Crippen LogP contribution is -2.44. The number of methoxy groups -OCH3 is 1. The topological polar surface area (TPSA) is 50.7 Å². The van der Waals surface area contributed by atoms with Crippen LogP contribution in [0, 0.1) is 11.7 Å². The van der Waals surface area contributed by atoms with Crippen molar-refractivity contribution in [3.8, 4) is 11.5 Å². The zero-order chi connectivity index (χ0) is 19.8. The van der Waals surface area contributed by atoms with Crippen molar-refractivity contribution in [2.45, 2.75) is 37.7 Å². The molecule has 2 aromatic rings. The van der Waals surface area contributed by atoms with E-state index in [4.69, 9.17) is 9.47 Å². The summed E-state index contributed by atoms with van der Waals surface area (Å²) in [5.41, 5.74) is -0.240. The van der Waals surface area contributed by atoms with Crippen LogP contribution in [0.25, 0.3) is 0 Å². The minimum absolute atomic E-state index is 0.0982. The first-order valence-corrected chi connectivity index (χ1v) is 10.1. The molecule has 3 rings (SSSR count). The average molecular weight is 387 g/mol. The molecule has 0 aromatic heterocycles. The van der Waals surface area contributed by atoms with Crippen molar-refractivity contribution < 1.29 is 19.0 Å². The Bertz CT molecular complexity index is 748. The molecule has 2 N–H and O–H groups in total. The first-order valence-electron chi connectivity index (χ1n) is 10.1. The average Bonchev–Trinajstić information content (AvgIpc) is 2.72. The Morgan fingerprint density at radius 2 is 2.04 bits per heavy atom. The third-order valence-corrected chi connectivity index (χ3v) is 5.51. The van der Waals surface area contributed by atoms with Crippen molar-refractivity contribution >= 4 is 0 Å². The van der Waals surface area contributed by atoms with Crippen molar-refractivity contribution in [3.63, 3.8) is 0 Å². The third kappa shape index (κ3) is 5.10. The maximum absolute atomic E-state index is 13.6. The first-order chi connectivity index (χ1) is 13.6. The van der Waals surface area contributed by atoms with E-state index in [1.807, 2.05) is 24.3 Å². The minimum Gasteiger partial charge on any atom is -0.457 e. The zero-order valence-electron chi connectivity index (χ0n) is 16.5. The predicted octanol–water partition coefficient (Wildman–Crippen LogP) is 4.62. The Morgan fingerprint density at radius 3 is 2.79 bits per heavy atom. The fourth-order valence-corrected chi connectivity index (χ4v) is 4.03. The molecule has 0 saturated carbocycles. The van der Waals surface area contributed by atoms with E-state index in [0.29, 0.717) is 24.5 Å². The molecule has 1 saturated heterocycles. The van der Waals surface area contributed by atoms with Crippen LogP contribution in [-0.2, 0) is 10.3 Å². The Labute approximate surface area is 166 Å². The molecule has 1 aliphatic heterocycles. The van der Waals surface area contributed by atoms with Gasteiger partial charge in [-0.2, -0.15) is 0 Å². The molecule has 1 aliphatic rings. The van der Waals surface area contributed by atoms with Crippen LogP contribution in [0.1, 0.15) is 37.7 Å². The molecular weight excluding hydrogens is 357 g/mol. The number of para-hydroxylation sites is 1. The molecule has 2 atom stereocenters. The molecule has 2 unspecified atom stereocenters. The van der Waals surface area contributed by atoms with E-state index in [1.165, 1.54) is 12.1 Å². The largest absolute Gasteiger partial charge is 0.457 e. The monoisotopic (exact) mass is 387 g/mol. The van der Waals surface area contributed by atoms with E-state index in [1.54, 1.807) is 19.2 Å². The maximum atomic E-state index is 13.6. The number of ether oxygens (including phenoxy) is 2. The second kappa shape index (κ2) is 10.0. The highest BCUT2D eigenvalue weighted by Crippen LogP contribution is 2.43. The molecule has 1 fully saturated rings. The van der Waals surface area contributed by atoms with Crippen LogP contribution in [0.5, 0.6) is 11.5 Å². The Hall–Kier alpha value is -1.95. The van der Waals surface area contributed by atoms with Crippen molar-refractivity contribution in [2.24, 2.45) is 5.92 Å². The van der Waals surface area contributed by atoms with E-state index >= 15 is 0 Å². The number of halogens is 1. The number of benzene rings is 2. The van der Waals surface area contributed by atoms with Gasteiger partial charge in [-0.25, -0.2) is 4.39 Å². The lowest BCUT2D eigenvalue weighted by Gasteiger charge is -2.40. The molecule has 2 aromatic carbocycles. The second-order valence-electron chi connectivity index (χ2n) is 7.47. The molecule has 0 spiro atoms. The molecular formula is C23H30FNO3. The van der Waals surface area contributed by atoms with Crippen molar-refractivity contribution in [2.75, 3.05) is 26.8 Å². The number of hydrogen-bond donors (Lipinski definition) is 2. The third-order valence-electron chi connectivity index (χ3n) is 5.51. The lowest BCUT2D eigenvalue weighted by atomic mass is 9.74. The summed E-state index contributed by atoms with van der Waals surface area (Å²) in [6.45, 7) is 2.44. The van der Waals surface area contributed by atoms with E-state index in [9.17, 15) is 9.50 Å². The number of piperidine rings is 1. The molecule has 0 amide bonds. The van der Waals surface area contributed by atoms with Crippen molar-refractivity contribution in [1.82, 2.24) is 5.32 Å². The van der Waals surface area contributed by atoms with Crippen molar-refractivity contribution in [3.05, 3.63) is 59.9 Å². The molecule has 1 heterocycles. The molecule has 0 aliphatic carbocycles. The van der Waals surface area contributed by atoms with Crippen LogP contribution in [-0.4, -0.2) is 31.9 Å². The predicted molar refractivity (Wildman–Crippen MR) is 108 cm³/mol. The fourth-order valence-electron chi connectivity index (χ4n) is 4.03. The Morgan fingerprint density at radius 1 is 1.18 bits per heavy atom. The van der Waals surface area contributed by atoms with Crippen LogP contribution in [0.3, 0.4) is 0 Å². The van der Waals surface area contributed by atoms with Gasteiger partial charge in [-0.15, -0.1) is 0 Å². The smallest absolute Gasteiger partial charge is 0.133 e. The number of aliphatic hydroxyl groups is 1. The van der Waals surface area contributed by atoms with Gasteiger partial charge < -0.3 is 19.9 Å². The SMILES string of the molecule is COCCCCC(O)(c1ccccc1Oc1cccc(F)c1)C1CCCNC1. The summed E-state index contributed by atoms with van der Waals surface area (Å²) in [5.74, 6) is 0.756. The van der Waals surface area contributed by atoms with Crippen LogP contribution >= 0.6 is 0 Å². The number of rotatable bonds is 9. The Balaban J connectivity index is 1.90. The second-order valence-corrected chi connectivity index (χ2v) is 7.47. The minimum atomic E-state index is -1.01. The standard InChI is InChI=1S/C23H30FNO3/c1-27-15-5-4-13-23(26,18-8-7-14-25-17-18)21-11-2-3-12-22(21)28-20-10-6-9-19(24)16-20/h2-3,6,9-12,16,18,25-26H,4-5,7-8,13-15,17H2,1H3. The molecule has 4 nitrogen and oxygen atoms in total. The van der Waals surface area contributed by atoms with Crippen LogP contribution < -0.4 is 10.1 Å². The molecule has 28 heavy (non-hydrogen) atoms. The van der Waals surface area contributed by atoms with Gasteiger partial charge in [0.15, 0.2) is 0 Å². The summed E-state index contributed by atoms with van der Waals surface area (Å²) in [5, 5.41) is 15.3.